The SMILES string of the molecule is CCOC(=O)COc1ccc(CCNC(=O)Cc2ccc(N)cc2)cc1. The van der Waals surface area contributed by atoms with Gasteiger partial charge in [0.2, 0.25) is 5.91 Å². The Bertz CT molecular complexity index is 712. The Morgan fingerprint density at radius 3 is 2.31 bits per heavy atom. The number of anilines is 1. The van der Waals surface area contributed by atoms with E-state index in [9.17, 15) is 9.59 Å². The Morgan fingerprint density at radius 1 is 1.00 bits per heavy atom. The van der Waals surface area contributed by atoms with Gasteiger partial charge >= 0.3 is 5.97 Å². The zero-order valence-corrected chi connectivity index (χ0v) is 14.9. The molecular weight excluding hydrogens is 332 g/mol. The smallest absolute Gasteiger partial charge is 0.344 e. The molecule has 2 aromatic rings. The first kappa shape index (κ1) is 19.3. The monoisotopic (exact) mass is 356 g/mol. The molecule has 0 atom stereocenters. The van der Waals surface area contributed by atoms with Gasteiger partial charge in [-0.1, -0.05) is 24.3 Å². The number of rotatable bonds is 9. The maximum absolute atomic E-state index is 11.9. The zero-order valence-electron chi connectivity index (χ0n) is 14.9. The molecule has 6 heteroatoms. The van der Waals surface area contributed by atoms with Crippen molar-refractivity contribution in [3.63, 3.8) is 0 Å². The first-order valence-electron chi connectivity index (χ1n) is 8.55. The summed E-state index contributed by atoms with van der Waals surface area (Å²) in [5.74, 6) is 0.193. The molecule has 0 radical (unpaired) electrons. The lowest BCUT2D eigenvalue weighted by Crippen LogP contribution is -2.27. The summed E-state index contributed by atoms with van der Waals surface area (Å²) in [4.78, 5) is 23.2. The fraction of sp³-hybridized carbons (Fsp3) is 0.300. The third kappa shape index (κ3) is 6.84. The van der Waals surface area contributed by atoms with Gasteiger partial charge in [-0.15, -0.1) is 0 Å². The molecule has 0 aliphatic heterocycles. The summed E-state index contributed by atoms with van der Waals surface area (Å²) in [7, 11) is 0. The van der Waals surface area contributed by atoms with E-state index in [4.69, 9.17) is 15.2 Å². The minimum Gasteiger partial charge on any atom is -0.482 e. The fourth-order valence-corrected chi connectivity index (χ4v) is 2.33. The lowest BCUT2D eigenvalue weighted by molar-refractivity contribution is -0.145. The van der Waals surface area contributed by atoms with Gasteiger partial charge in [0.15, 0.2) is 6.61 Å². The van der Waals surface area contributed by atoms with Gasteiger partial charge in [-0.05, 0) is 48.7 Å². The Balaban J connectivity index is 1.69. The van der Waals surface area contributed by atoms with Crippen molar-refractivity contribution in [2.45, 2.75) is 19.8 Å². The van der Waals surface area contributed by atoms with Gasteiger partial charge in [0.25, 0.3) is 0 Å². The van der Waals surface area contributed by atoms with Crippen molar-refractivity contribution >= 4 is 17.6 Å². The molecule has 1 amide bonds. The van der Waals surface area contributed by atoms with Gasteiger partial charge in [-0.25, -0.2) is 4.79 Å². The van der Waals surface area contributed by atoms with Gasteiger partial charge in [0.1, 0.15) is 5.75 Å². The molecule has 26 heavy (non-hydrogen) atoms. The number of nitrogens with two attached hydrogens (primary N) is 1. The largest absolute Gasteiger partial charge is 0.482 e. The van der Waals surface area contributed by atoms with Crippen molar-refractivity contribution in [3.05, 3.63) is 59.7 Å². The van der Waals surface area contributed by atoms with Crippen LogP contribution in [0.4, 0.5) is 5.69 Å². The molecule has 2 aromatic carbocycles. The van der Waals surface area contributed by atoms with E-state index < -0.39 is 0 Å². The van der Waals surface area contributed by atoms with E-state index in [0.717, 1.165) is 11.1 Å². The van der Waals surface area contributed by atoms with Crippen LogP contribution < -0.4 is 15.8 Å². The molecule has 0 spiro atoms. The van der Waals surface area contributed by atoms with Crippen molar-refractivity contribution in [1.82, 2.24) is 5.32 Å². The molecular formula is C20H24N2O4. The number of nitrogen functional groups attached to an aromatic ring is 1. The molecule has 0 bridgehead atoms. The summed E-state index contributed by atoms with van der Waals surface area (Å²) in [6.45, 7) is 2.54. The summed E-state index contributed by atoms with van der Waals surface area (Å²) in [6, 6.07) is 14.7. The maximum Gasteiger partial charge on any atom is 0.344 e. The highest BCUT2D eigenvalue weighted by atomic mass is 16.6. The lowest BCUT2D eigenvalue weighted by atomic mass is 10.1. The van der Waals surface area contributed by atoms with E-state index in [1.807, 2.05) is 24.3 Å². The third-order valence-electron chi connectivity index (χ3n) is 3.67. The number of carbonyl (C=O) groups is 2. The predicted octanol–water partition coefficient (Wildman–Crippen LogP) is 2.11. The minimum absolute atomic E-state index is 0.0239. The topological polar surface area (TPSA) is 90.6 Å². The zero-order chi connectivity index (χ0) is 18.8. The number of amides is 1. The quantitative estimate of drug-likeness (QED) is 0.530. The van der Waals surface area contributed by atoms with Crippen LogP contribution in [-0.4, -0.2) is 31.6 Å². The van der Waals surface area contributed by atoms with Gasteiger partial charge in [-0.3, -0.25) is 4.79 Å². The number of nitrogens with one attached hydrogen (secondary N) is 1. The molecule has 0 heterocycles. The van der Waals surface area contributed by atoms with E-state index in [0.29, 0.717) is 37.4 Å². The fourth-order valence-electron chi connectivity index (χ4n) is 2.33. The Kier molecular flexibility index (Phi) is 7.49. The third-order valence-corrected chi connectivity index (χ3v) is 3.67. The number of esters is 1. The van der Waals surface area contributed by atoms with Crippen LogP contribution in [-0.2, 0) is 27.2 Å². The molecule has 0 fully saturated rings. The number of hydrogen-bond donors (Lipinski definition) is 2. The number of carbonyl (C=O) groups excluding carboxylic acids is 2. The molecule has 0 saturated heterocycles. The minimum atomic E-state index is -0.389. The summed E-state index contributed by atoms with van der Waals surface area (Å²) in [5, 5.41) is 2.90. The average Bonchev–Trinajstić information content (AvgIpc) is 2.63. The van der Waals surface area contributed by atoms with Gasteiger partial charge in [0, 0.05) is 12.2 Å². The van der Waals surface area contributed by atoms with Crippen molar-refractivity contribution in [2.75, 3.05) is 25.5 Å². The van der Waals surface area contributed by atoms with Crippen LogP contribution >= 0.6 is 0 Å². The molecule has 0 unspecified atom stereocenters. The molecule has 3 N–H and O–H groups in total. The van der Waals surface area contributed by atoms with Crippen LogP contribution in [0.2, 0.25) is 0 Å². The number of hydrogen-bond acceptors (Lipinski definition) is 5. The lowest BCUT2D eigenvalue weighted by Gasteiger charge is -2.08. The van der Waals surface area contributed by atoms with Crippen LogP contribution in [0.5, 0.6) is 5.75 Å². The normalized spacial score (nSPS) is 10.2. The van der Waals surface area contributed by atoms with Crippen LogP contribution in [0.15, 0.2) is 48.5 Å². The van der Waals surface area contributed by atoms with E-state index in [1.165, 1.54) is 0 Å². The first-order chi connectivity index (χ1) is 12.6. The summed E-state index contributed by atoms with van der Waals surface area (Å²) < 4.78 is 10.1. The number of benzene rings is 2. The summed E-state index contributed by atoms with van der Waals surface area (Å²) in [6.07, 6.45) is 1.05. The maximum atomic E-state index is 11.9. The average molecular weight is 356 g/mol. The van der Waals surface area contributed by atoms with Crippen LogP contribution in [0.3, 0.4) is 0 Å². The second-order valence-electron chi connectivity index (χ2n) is 5.76. The van der Waals surface area contributed by atoms with E-state index in [-0.39, 0.29) is 18.5 Å². The molecule has 0 aliphatic rings. The standard InChI is InChI=1S/C20H24N2O4/c1-2-25-20(24)14-26-18-9-5-15(6-10-18)11-12-22-19(23)13-16-3-7-17(21)8-4-16/h3-10H,2,11-14,21H2,1H3,(H,22,23). The number of ether oxygens (including phenoxy) is 2. The van der Waals surface area contributed by atoms with Crippen LogP contribution in [0.25, 0.3) is 0 Å². The Labute approximate surface area is 153 Å². The molecule has 0 saturated carbocycles. The molecule has 2 rings (SSSR count). The highest BCUT2D eigenvalue weighted by molar-refractivity contribution is 5.78. The second-order valence-corrected chi connectivity index (χ2v) is 5.76. The highest BCUT2D eigenvalue weighted by Gasteiger charge is 2.05. The van der Waals surface area contributed by atoms with E-state index in [1.54, 1.807) is 31.2 Å². The second kappa shape index (κ2) is 10.1. The Morgan fingerprint density at radius 2 is 1.65 bits per heavy atom. The van der Waals surface area contributed by atoms with Gasteiger partial charge in [0.05, 0.1) is 13.0 Å². The summed E-state index contributed by atoms with van der Waals surface area (Å²) in [5.41, 5.74) is 8.31. The van der Waals surface area contributed by atoms with Crippen LogP contribution in [0.1, 0.15) is 18.1 Å². The highest BCUT2D eigenvalue weighted by Crippen LogP contribution is 2.12. The summed E-state index contributed by atoms with van der Waals surface area (Å²) >= 11 is 0. The Hall–Kier alpha value is -3.02. The van der Waals surface area contributed by atoms with Crippen molar-refractivity contribution in [1.29, 1.82) is 0 Å². The van der Waals surface area contributed by atoms with E-state index >= 15 is 0 Å². The van der Waals surface area contributed by atoms with Crippen molar-refractivity contribution < 1.29 is 19.1 Å². The molecule has 0 aromatic heterocycles. The predicted molar refractivity (Wildman–Crippen MR) is 99.8 cm³/mol. The molecule has 138 valence electrons. The van der Waals surface area contributed by atoms with Gasteiger partial charge in [-0.2, -0.15) is 0 Å². The molecule has 6 nitrogen and oxygen atoms in total. The van der Waals surface area contributed by atoms with Gasteiger partial charge < -0.3 is 20.5 Å². The van der Waals surface area contributed by atoms with E-state index in [2.05, 4.69) is 5.32 Å². The first-order valence-corrected chi connectivity index (χ1v) is 8.55. The molecule has 0 aliphatic carbocycles. The van der Waals surface area contributed by atoms with Crippen LogP contribution in [0, 0.1) is 0 Å². The van der Waals surface area contributed by atoms with Crippen molar-refractivity contribution in [3.8, 4) is 5.75 Å². The van der Waals surface area contributed by atoms with Crippen molar-refractivity contribution in [2.24, 2.45) is 0 Å².